The van der Waals surface area contributed by atoms with E-state index < -0.39 is 0 Å². The standard InChI is InChI=1S/C14H14Br2FNOS/c1-3-18-13(12-7-10(15)14(16)20-12)9-5-4-8(19-2)6-11(9)17/h4-7,13,18H,3H2,1-2H3. The summed E-state index contributed by atoms with van der Waals surface area (Å²) in [6.07, 6.45) is 0. The lowest BCUT2D eigenvalue weighted by Crippen LogP contribution is -2.22. The first-order valence-electron chi connectivity index (χ1n) is 6.08. The molecule has 1 atom stereocenters. The van der Waals surface area contributed by atoms with E-state index in [9.17, 15) is 4.39 Å². The Morgan fingerprint density at radius 3 is 2.60 bits per heavy atom. The van der Waals surface area contributed by atoms with Gasteiger partial charge in [-0.1, -0.05) is 13.0 Å². The first-order valence-corrected chi connectivity index (χ1v) is 8.48. The molecular weight excluding hydrogens is 409 g/mol. The molecule has 108 valence electrons. The van der Waals surface area contributed by atoms with E-state index in [-0.39, 0.29) is 11.9 Å². The highest BCUT2D eigenvalue weighted by atomic mass is 79.9. The molecule has 1 aromatic heterocycles. The molecule has 1 heterocycles. The third kappa shape index (κ3) is 3.42. The van der Waals surface area contributed by atoms with Crippen LogP contribution in [0.2, 0.25) is 0 Å². The number of ether oxygens (including phenoxy) is 1. The first-order chi connectivity index (χ1) is 9.56. The van der Waals surface area contributed by atoms with Crippen LogP contribution in [0.5, 0.6) is 5.75 Å². The normalized spacial score (nSPS) is 12.4. The second kappa shape index (κ2) is 7.02. The molecule has 2 nitrogen and oxygen atoms in total. The Morgan fingerprint density at radius 2 is 2.10 bits per heavy atom. The molecule has 0 saturated heterocycles. The third-order valence-corrected chi connectivity index (χ3v) is 6.20. The van der Waals surface area contributed by atoms with Crippen molar-refractivity contribution in [3.63, 3.8) is 0 Å². The third-order valence-electron chi connectivity index (χ3n) is 2.88. The highest BCUT2D eigenvalue weighted by Gasteiger charge is 2.20. The van der Waals surface area contributed by atoms with Gasteiger partial charge in [0.2, 0.25) is 0 Å². The number of thiophene rings is 1. The average Bonchev–Trinajstić information content (AvgIpc) is 2.76. The zero-order valence-corrected chi connectivity index (χ0v) is 15.0. The van der Waals surface area contributed by atoms with Crippen molar-refractivity contribution in [3.8, 4) is 5.75 Å². The SMILES string of the molecule is CCNC(c1cc(Br)c(Br)s1)c1ccc(OC)cc1F. The average molecular weight is 423 g/mol. The van der Waals surface area contributed by atoms with Crippen LogP contribution in [0.4, 0.5) is 4.39 Å². The van der Waals surface area contributed by atoms with E-state index >= 15 is 0 Å². The number of hydrogen-bond donors (Lipinski definition) is 1. The molecule has 0 saturated carbocycles. The lowest BCUT2D eigenvalue weighted by molar-refractivity contribution is 0.410. The van der Waals surface area contributed by atoms with Crippen molar-refractivity contribution in [1.82, 2.24) is 5.32 Å². The number of rotatable bonds is 5. The van der Waals surface area contributed by atoms with Crippen molar-refractivity contribution in [3.05, 3.63) is 48.8 Å². The molecular formula is C14H14Br2FNOS. The summed E-state index contributed by atoms with van der Waals surface area (Å²) in [5.41, 5.74) is 0.619. The van der Waals surface area contributed by atoms with Gasteiger partial charge in [-0.3, -0.25) is 0 Å². The molecule has 0 aliphatic carbocycles. The fraction of sp³-hybridized carbons (Fsp3) is 0.286. The van der Waals surface area contributed by atoms with Crippen LogP contribution in [0, 0.1) is 5.82 Å². The van der Waals surface area contributed by atoms with E-state index in [0.717, 1.165) is 19.7 Å². The Morgan fingerprint density at radius 1 is 1.35 bits per heavy atom. The van der Waals surface area contributed by atoms with Gasteiger partial charge in [-0.25, -0.2) is 4.39 Å². The van der Waals surface area contributed by atoms with E-state index in [1.54, 1.807) is 23.5 Å². The lowest BCUT2D eigenvalue weighted by Gasteiger charge is -2.18. The van der Waals surface area contributed by atoms with Gasteiger partial charge in [-0.2, -0.15) is 0 Å². The highest BCUT2D eigenvalue weighted by Crippen LogP contribution is 2.38. The fourth-order valence-electron chi connectivity index (χ4n) is 1.94. The summed E-state index contributed by atoms with van der Waals surface area (Å²) < 4.78 is 21.3. The van der Waals surface area contributed by atoms with Gasteiger partial charge in [-0.15, -0.1) is 11.3 Å². The highest BCUT2D eigenvalue weighted by molar-refractivity contribution is 9.13. The zero-order chi connectivity index (χ0) is 14.7. The van der Waals surface area contributed by atoms with Gasteiger partial charge in [0, 0.05) is 21.0 Å². The molecule has 6 heteroatoms. The van der Waals surface area contributed by atoms with Crippen molar-refractivity contribution < 1.29 is 9.13 Å². The van der Waals surface area contributed by atoms with E-state index in [1.165, 1.54) is 13.2 Å². The van der Waals surface area contributed by atoms with E-state index in [0.29, 0.717) is 11.3 Å². The number of benzene rings is 1. The molecule has 20 heavy (non-hydrogen) atoms. The minimum absolute atomic E-state index is 0.168. The molecule has 0 amide bonds. The molecule has 0 aliphatic heterocycles. The Balaban J connectivity index is 2.42. The largest absolute Gasteiger partial charge is 0.497 e. The van der Waals surface area contributed by atoms with Crippen LogP contribution in [0.3, 0.4) is 0 Å². The first kappa shape index (κ1) is 15.9. The fourth-order valence-corrected chi connectivity index (χ4v) is 4.13. The topological polar surface area (TPSA) is 21.3 Å². The van der Waals surface area contributed by atoms with Gasteiger partial charge >= 0.3 is 0 Å². The summed E-state index contributed by atoms with van der Waals surface area (Å²) in [6.45, 7) is 2.76. The summed E-state index contributed by atoms with van der Waals surface area (Å²) >= 11 is 8.54. The van der Waals surface area contributed by atoms with E-state index in [4.69, 9.17) is 4.74 Å². The minimum Gasteiger partial charge on any atom is -0.497 e. The quantitative estimate of drug-likeness (QED) is 0.721. The van der Waals surface area contributed by atoms with Crippen molar-refractivity contribution in [2.45, 2.75) is 13.0 Å². The maximum absolute atomic E-state index is 14.3. The van der Waals surface area contributed by atoms with Crippen LogP contribution in [-0.2, 0) is 0 Å². The number of methoxy groups -OCH3 is 1. The van der Waals surface area contributed by atoms with Crippen molar-refractivity contribution in [2.24, 2.45) is 0 Å². The van der Waals surface area contributed by atoms with Gasteiger partial charge in [0.15, 0.2) is 0 Å². The Labute approximate surface area is 138 Å². The zero-order valence-electron chi connectivity index (χ0n) is 11.0. The Bertz CT molecular complexity index is 583. The second-order valence-electron chi connectivity index (χ2n) is 4.15. The molecule has 2 aromatic rings. The predicted octanol–water partition coefficient (Wildman–Crippen LogP) is 5.12. The van der Waals surface area contributed by atoms with Gasteiger partial charge < -0.3 is 10.1 Å². The number of nitrogens with one attached hydrogen (secondary N) is 1. The van der Waals surface area contributed by atoms with Gasteiger partial charge in [0.25, 0.3) is 0 Å². The Kier molecular flexibility index (Phi) is 5.60. The summed E-state index contributed by atoms with van der Waals surface area (Å²) in [7, 11) is 1.53. The van der Waals surface area contributed by atoms with Crippen molar-refractivity contribution in [1.29, 1.82) is 0 Å². The summed E-state index contributed by atoms with van der Waals surface area (Å²) in [5, 5.41) is 3.32. The van der Waals surface area contributed by atoms with Crippen LogP contribution in [0.1, 0.15) is 23.4 Å². The summed E-state index contributed by atoms with van der Waals surface area (Å²) in [4.78, 5) is 1.05. The number of halogens is 3. The van der Waals surface area contributed by atoms with Gasteiger partial charge in [-0.05, 0) is 50.5 Å². The van der Waals surface area contributed by atoms with Crippen LogP contribution >= 0.6 is 43.2 Å². The van der Waals surface area contributed by atoms with Gasteiger partial charge in [0.05, 0.1) is 16.9 Å². The summed E-state index contributed by atoms with van der Waals surface area (Å²) in [6, 6.07) is 6.80. The molecule has 1 unspecified atom stereocenters. The van der Waals surface area contributed by atoms with E-state index in [1.807, 2.05) is 13.0 Å². The predicted molar refractivity (Wildman–Crippen MR) is 88.2 cm³/mol. The molecule has 0 aliphatic rings. The van der Waals surface area contributed by atoms with Gasteiger partial charge in [0.1, 0.15) is 11.6 Å². The molecule has 0 radical (unpaired) electrons. The van der Waals surface area contributed by atoms with Crippen LogP contribution in [0.25, 0.3) is 0 Å². The van der Waals surface area contributed by atoms with Crippen molar-refractivity contribution in [2.75, 3.05) is 13.7 Å². The minimum atomic E-state index is -0.268. The maximum atomic E-state index is 14.3. The van der Waals surface area contributed by atoms with Crippen LogP contribution in [0.15, 0.2) is 32.5 Å². The second-order valence-corrected chi connectivity index (χ2v) is 7.40. The molecule has 0 fully saturated rings. The maximum Gasteiger partial charge on any atom is 0.132 e. The van der Waals surface area contributed by atoms with Crippen molar-refractivity contribution >= 4 is 43.2 Å². The van der Waals surface area contributed by atoms with Crippen LogP contribution < -0.4 is 10.1 Å². The smallest absolute Gasteiger partial charge is 0.132 e. The number of hydrogen-bond acceptors (Lipinski definition) is 3. The molecule has 2 rings (SSSR count). The molecule has 1 N–H and O–H groups in total. The van der Waals surface area contributed by atoms with Crippen LogP contribution in [-0.4, -0.2) is 13.7 Å². The Hall–Kier alpha value is -0.430. The summed E-state index contributed by atoms with van der Waals surface area (Å²) in [5.74, 6) is 0.256. The molecule has 1 aromatic carbocycles. The monoisotopic (exact) mass is 421 g/mol. The van der Waals surface area contributed by atoms with E-state index in [2.05, 4.69) is 37.2 Å². The molecule has 0 spiro atoms. The molecule has 0 bridgehead atoms. The lowest BCUT2D eigenvalue weighted by atomic mass is 10.0.